The number of carbonyl (C=O) groups is 3. The summed E-state index contributed by atoms with van der Waals surface area (Å²) in [5.41, 5.74) is -3.49. The van der Waals surface area contributed by atoms with Gasteiger partial charge in [0.2, 0.25) is 17.9 Å². The van der Waals surface area contributed by atoms with Crippen molar-refractivity contribution in [2.75, 3.05) is 19.5 Å². The van der Waals surface area contributed by atoms with Crippen LogP contribution in [0, 0.1) is 0 Å². The minimum absolute atomic E-state index is 0. The van der Waals surface area contributed by atoms with Crippen molar-refractivity contribution in [3.8, 4) is 0 Å². The SMILES string of the molecule is C=C1COC([C@@](NC(=O)CSC(F)F)(OC)C(=O)[O-])N=C1C(=O)[O-].[Na+].[Na+]. The van der Waals surface area contributed by atoms with Gasteiger partial charge in [-0.05, 0) is 5.57 Å². The van der Waals surface area contributed by atoms with E-state index in [2.05, 4.69) is 11.6 Å². The molecule has 0 aromatic heterocycles. The van der Waals surface area contributed by atoms with Gasteiger partial charge in [-0.25, -0.2) is 4.99 Å². The van der Waals surface area contributed by atoms with E-state index in [0.29, 0.717) is 0 Å². The fraction of sp³-hybridized carbons (Fsp3) is 0.500. The zero-order valence-corrected chi connectivity index (χ0v) is 19.1. The van der Waals surface area contributed by atoms with E-state index in [-0.39, 0.29) is 76.4 Å². The van der Waals surface area contributed by atoms with Crippen molar-refractivity contribution in [1.29, 1.82) is 0 Å². The van der Waals surface area contributed by atoms with Gasteiger partial charge in [-0.1, -0.05) is 18.3 Å². The second-order valence-corrected chi connectivity index (χ2v) is 5.36. The molecule has 1 heterocycles. The average Bonchev–Trinajstić information content (AvgIpc) is 2.50. The minimum Gasteiger partial charge on any atom is -0.545 e. The molecule has 134 valence electrons. The summed E-state index contributed by atoms with van der Waals surface area (Å²) in [6, 6.07) is 0. The Balaban J connectivity index is 0. The number of carboxylic acid groups (broad SMARTS) is 2. The van der Waals surface area contributed by atoms with Gasteiger partial charge in [0.1, 0.15) is 0 Å². The molecule has 1 rings (SSSR count). The van der Waals surface area contributed by atoms with Crippen LogP contribution in [0.25, 0.3) is 0 Å². The Morgan fingerprint density at radius 1 is 1.46 bits per heavy atom. The molecule has 0 saturated carbocycles. The van der Waals surface area contributed by atoms with Gasteiger partial charge in [0.15, 0.2) is 0 Å². The van der Waals surface area contributed by atoms with Crippen LogP contribution in [0.3, 0.4) is 0 Å². The number of aliphatic imine (C=N–C) groups is 1. The van der Waals surface area contributed by atoms with Gasteiger partial charge in [-0.2, -0.15) is 8.78 Å². The number of thioether (sulfide) groups is 1. The maximum Gasteiger partial charge on any atom is 1.00 e. The molecule has 0 aromatic carbocycles. The van der Waals surface area contributed by atoms with Crippen LogP contribution in [0.15, 0.2) is 17.1 Å². The number of alkyl halides is 2. The van der Waals surface area contributed by atoms with E-state index < -0.39 is 53.6 Å². The number of rotatable bonds is 8. The quantitative estimate of drug-likeness (QED) is 0.306. The molecular formula is C12H12F2N2Na2O7S. The third-order valence-corrected chi connectivity index (χ3v) is 3.51. The number of ether oxygens (including phenoxy) is 2. The van der Waals surface area contributed by atoms with Crippen molar-refractivity contribution < 1.29 is 102 Å². The maximum absolute atomic E-state index is 12.1. The van der Waals surface area contributed by atoms with Crippen LogP contribution in [0.1, 0.15) is 0 Å². The molecule has 1 N–H and O–H groups in total. The Labute approximate surface area is 195 Å². The summed E-state index contributed by atoms with van der Waals surface area (Å²) < 4.78 is 33.9. The van der Waals surface area contributed by atoms with E-state index >= 15 is 0 Å². The monoisotopic (exact) mass is 412 g/mol. The van der Waals surface area contributed by atoms with E-state index in [0.717, 1.165) is 7.11 Å². The van der Waals surface area contributed by atoms with E-state index in [1.165, 1.54) is 0 Å². The predicted molar refractivity (Wildman–Crippen MR) is 72.7 cm³/mol. The summed E-state index contributed by atoms with van der Waals surface area (Å²) in [5, 5.41) is 24.2. The first kappa shape index (κ1) is 28.2. The zero-order chi connectivity index (χ0) is 18.5. The summed E-state index contributed by atoms with van der Waals surface area (Å²) in [5.74, 6) is -8.53. The zero-order valence-electron chi connectivity index (χ0n) is 14.2. The van der Waals surface area contributed by atoms with Gasteiger partial charge < -0.3 is 34.6 Å². The Morgan fingerprint density at radius 3 is 2.46 bits per heavy atom. The number of aliphatic carboxylic acids is 2. The fourth-order valence-corrected chi connectivity index (χ4v) is 2.08. The van der Waals surface area contributed by atoms with E-state index in [1.54, 1.807) is 0 Å². The van der Waals surface area contributed by atoms with Crippen LogP contribution in [0.4, 0.5) is 8.78 Å². The van der Waals surface area contributed by atoms with Gasteiger partial charge in [0.25, 0.3) is 5.76 Å². The number of hydrogen-bond donors (Lipinski definition) is 1. The van der Waals surface area contributed by atoms with Crippen molar-refractivity contribution in [2.24, 2.45) is 4.99 Å². The summed E-state index contributed by atoms with van der Waals surface area (Å²) >= 11 is -0.0544. The number of nitrogens with one attached hydrogen (secondary N) is 1. The molecule has 1 aliphatic rings. The molecule has 1 unspecified atom stereocenters. The first-order valence-electron chi connectivity index (χ1n) is 6.20. The molecule has 9 nitrogen and oxygen atoms in total. The molecule has 2 atom stereocenters. The molecular weight excluding hydrogens is 400 g/mol. The van der Waals surface area contributed by atoms with Crippen molar-refractivity contribution in [2.45, 2.75) is 17.7 Å². The molecule has 0 aliphatic carbocycles. The topological polar surface area (TPSA) is 140 Å². The Hall–Kier alpha value is -0.0500. The van der Waals surface area contributed by atoms with E-state index in [4.69, 9.17) is 9.47 Å². The van der Waals surface area contributed by atoms with Crippen LogP contribution in [-0.2, 0) is 23.9 Å². The normalized spacial score (nSPS) is 18.7. The third-order valence-electron chi connectivity index (χ3n) is 2.83. The van der Waals surface area contributed by atoms with Gasteiger partial charge in [0.05, 0.1) is 30.0 Å². The summed E-state index contributed by atoms with van der Waals surface area (Å²) in [6.45, 7) is 2.93. The van der Waals surface area contributed by atoms with Gasteiger partial charge in [-0.15, -0.1) is 0 Å². The summed E-state index contributed by atoms with van der Waals surface area (Å²) in [7, 11) is 0.858. The molecule has 0 saturated heterocycles. The molecule has 0 aromatic rings. The predicted octanol–water partition coefficient (Wildman–Crippen LogP) is -8.74. The molecule has 1 amide bonds. The molecule has 0 fully saturated rings. The molecule has 0 bridgehead atoms. The first-order chi connectivity index (χ1) is 11.1. The smallest absolute Gasteiger partial charge is 0.545 e. The number of carboxylic acids is 2. The second-order valence-electron chi connectivity index (χ2n) is 4.38. The second kappa shape index (κ2) is 12.4. The number of nitrogens with zero attached hydrogens (tertiary/aromatic N) is 1. The molecule has 1 aliphatic heterocycles. The van der Waals surface area contributed by atoms with Crippen molar-refractivity contribution in [1.82, 2.24) is 5.32 Å². The molecule has 14 heteroatoms. The van der Waals surface area contributed by atoms with Gasteiger partial charge in [0, 0.05) is 7.11 Å². The standard InChI is InChI=1S/C12H14F2N2O7S.2Na/c1-5-3-23-9(15-7(5)8(18)19)12(22-2,10(20)21)16-6(17)4-24-11(13)14;;/h9,11H,1,3-4H2,2H3,(H,16,17)(H,18,19)(H,20,21);;/q;2*+1/p-2/t9?,12-;;/m1../s1. The van der Waals surface area contributed by atoms with E-state index in [9.17, 15) is 33.4 Å². The Kier molecular flexibility index (Phi) is 13.4. The number of halogens is 2. The Morgan fingerprint density at radius 2 is 2.04 bits per heavy atom. The molecule has 0 radical (unpaired) electrons. The third kappa shape index (κ3) is 7.17. The maximum atomic E-state index is 12.1. The minimum atomic E-state index is -2.85. The van der Waals surface area contributed by atoms with Crippen molar-refractivity contribution in [3.63, 3.8) is 0 Å². The van der Waals surface area contributed by atoms with Gasteiger partial charge in [-0.3, -0.25) is 4.79 Å². The number of hydrogen-bond acceptors (Lipinski definition) is 9. The molecule has 0 spiro atoms. The van der Waals surface area contributed by atoms with Crippen LogP contribution in [-0.4, -0.2) is 60.7 Å². The first-order valence-corrected chi connectivity index (χ1v) is 7.25. The van der Waals surface area contributed by atoms with E-state index in [1.807, 2.05) is 5.32 Å². The average molecular weight is 412 g/mol. The van der Waals surface area contributed by atoms with Crippen LogP contribution >= 0.6 is 11.8 Å². The molecule has 26 heavy (non-hydrogen) atoms. The van der Waals surface area contributed by atoms with Gasteiger partial charge >= 0.3 is 59.1 Å². The number of methoxy groups -OCH3 is 1. The van der Waals surface area contributed by atoms with Crippen LogP contribution < -0.4 is 74.6 Å². The van der Waals surface area contributed by atoms with Crippen LogP contribution in [0.5, 0.6) is 0 Å². The number of carbonyl (C=O) groups excluding carboxylic acids is 3. The van der Waals surface area contributed by atoms with Crippen LogP contribution in [0.2, 0.25) is 0 Å². The Bertz CT molecular complexity index is 594. The summed E-state index contributed by atoms with van der Waals surface area (Å²) in [6.07, 6.45) is -1.86. The largest absolute Gasteiger partial charge is 1.00 e. The van der Waals surface area contributed by atoms with Crippen molar-refractivity contribution in [3.05, 3.63) is 12.2 Å². The van der Waals surface area contributed by atoms with Crippen molar-refractivity contribution >= 4 is 35.3 Å². The fourth-order valence-electron chi connectivity index (χ4n) is 1.73. The number of amides is 1. The summed E-state index contributed by atoms with van der Waals surface area (Å²) in [4.78, 5) is 37.6.